The predicted octanol–water partition coefficient (Wildman–Crippen LogP) is 3.58. The summed E-state index contributed by atoms with van der Waals surface area (Å²) >= 11 is 0. The number of aromatic hydroxyl groups is 1. The molecule has 0 aliphatic heterocycles. The molecule has 0 spiro atoms. The maximum atomic E-state index is 9.98. The third-order valence-electron chi connectivity index (χ3n) is 2.80. The quantitative estimate of drug-likeness (QED) is 0.850. The number of hydrogen-bond donors (Lipinski definition) is 1. The van der Waals surface area contributed by atoms with E-state index < -0.39 is 0 Å². The van der Waals surface area contributed by atoms with Crippen molar-refractivity contribution in [2.24, 2.45) is 0 Å². The molecule has 1 N–H and O–H groups in total. The van der Waals surface area contributed by atoms with E-state index in [1.54, 1.807) is 6.07 Å². The van der Waals surface area contributed by atoms with Crippen LogP contribution in [0, 0.1) is 0 Å². The SMILES string of the molecule is COc1ccc(/C=C/c2ccccc2)c(OC)c1O. The molecule has 0 saturated heterocycles. The van der Waals surface area contributed by atoms with Crippen molar-refractivity contribution in [1.29, 1.82) is 0 Å². The molecular weight excluding hydrogens is 240 g/mol. The molecule has 3 nitrogen and oxygen atoms in total. The maximum Gasteiger partial charge on any atom is 0.201 e. The first-order chi connectivity index (χ1) is 9.26. The van der Waals surface area contributed by atoms with Crippen LogP contribution < -0.4 is 9.47 Å². The zero-order chi connectivity index (χ0) is 13.7. The predicted molar refractivity (Wildman–Crippen MR) is 76.6 cm³/mol. The third-order valence-corrected chi connectivity index (χ3v) is 2.80. The first kappa shape index (κ1) is 13.0. The summed E-state index contributed by atoms with van der Waals surface area (Å²) in [7, 11) is 3.03. The van der Waals surface area contributed by atoms with Gasteiger partial charge in [0.05, 0.1) is 14.2 Å². The average Bonchev–Trinajstić information content (AvgIpc) is 2.46. The van der Waals surface area contributed by atoms with Gasteiger partial charge in [-0.2, -0.15) is 0 Å². The van der Waals surface area contributed by atoms with Crippen LogP contribution in [0.25, 0.3) is 12.2 Å². The van der Waals surface area contributed by atoms with Crippen molar-refractivity contribution in [2.45, 2.75) is 0 Å². The first-order valence-corrected chi connectivity index (χ1v) is 5.93. The molecule has 0 amide bonds. The molecule has 2 rings (SSSR count). The van der Waals surface area contributed by atoms with Crippen LogP contribution in [-0.2, 0) is 0 Å². The van der Waals surface area contributed by atoms with Crippen molar-refractivity contribution < 1.29 is 14.6 Å². The van der Waals surface area contributed by atoms with E-state index in [0.29, 0.717) is 11.5 Å². The van der Waals surface area contributed by atoms with E-state index in [9.17, 15) is 5.11 Å². The second-order valence-corrected chi connectivity index (χ2v) is 3.98. The van der Waals surface area contributed by atoms with Gasteiger partial charge in [-0.15, -0.1) is 0 Å². The van der Waals surface area contributed by atoms with Gasteiger partial charge in [-0.3, -0.25) is 0 Å². The zero-order valence-electron chi connectivity index (χ0n) is 11.0. The minimum absolute atomic E-state index is 0.0141. The smallest absolute Gasteiger partial charge is 0.201 e. The Morgan fingerprint density at radius 3 is 2.26 bits per heavy atom. The Kier molecular flexibility index (Phi) is 4.08. The number of phenolic OH excluding ortho intramolecular Hbond substituents is 1. The maximum absolute atomic E-state index is 9.98. The number of methoxy groups -OCH3 is 2. The van der Waals surface area contributed by atoms with Crippen molar-refractivity contribution in [2.75, 3.05) is 14.2 Å². The largest absolute Gasteiger partial charge is 0.502 e. The van der Waals surface area contributed by atoms with Gasteiger partial charge in [0.15, 0.2) is 11.5 Å². The second-order valence-electron chi connectivity index (χ2n) is 3.98. The fraction of sp³-hybridized carbons (Fsp3) is 0.125. The standard InChI is InChI=1S/C16H16O3/c1-18-14-11-10-13(16(19-2)15(14)17)9-8-12-6-4-3-5-7-12/h3-11,17H,1-2H3/b9-8+. The Balaban J connectivity index is 2.35. The van der Waals surface area contributed by atoms with Crippen LogP contribution in [-0.4, -0.2) is 19.3 Å². The fourth-order valence-electron chi connectivity index (χ4n) is 1.83. The Morgan fingerprint density at radius 1 is 0.895 bits per heavy atom. The minimum atomic E-state index is 0.0141. The highest BCUT2D eigenvalue weighted by Crippen LogP contribution is 2.39. The van der Waals surface area contributed by atoms with Crippen LogP contribution in [0.5, 0.6) is 17.2 Å². The topological polar surface area (TPSA) is 38.7 Å². The summed E-state index contributed by atoms with van der Waals surface area (Å²) in [5.74, 6) is 0.820. The molecule has 2 aromatic rings. The highest BCUT2D eigenvalue weighted by atomic mass is 16.5. The van der Waals surface area contributed by atoms with E-state index >= 15 is 0 Å². The van der Waals surface area contributed by atoms with Crippen LogP contribution in [0.15, 0.2) is 42.5 Å². The highest BCUT2D eigenvalue weighted by molar-refractivity contribution is 5.75. The molecule has 0 aliphatic carbocycles. The van der Waals surface area contributed by atoms with Crippen LogP contribution >= 0.6 is 0 Å². The van der Waals surface area contributed by atoms with Gasteiger partial charge in [-0.25, -0.2) is 0 Å². The van der Waals surface area contributed by atoms with Crippen LogP contribution in [0.1, 0.15) is 11.1 Å². The average molecular weight is 256 g/mol. The molecule has 0 heterocycles. The number of benzene rings is 2. The van der Waals surface area contributed by atoms with Crippen LogP contribution in [0.3, 0.4) is 0 Å². The van der Waals surface area contributed by atoms with Gasteiger partial charge in [0.2, 0.25) is 5.75 Å². The number of hydrogen-bond acceptors (Lipinski definition) is 3. The lowest BCUT2D eigenvalue weighted by molar-refractivity contribution is 0.339. The molecule has 2 aromatic carbocycles. The summed E-state index contributed by atoms with van der Waals surface area (Å²) in [6.07, 6.45) is 3.86. The van der Waals surface area contributed by atoms with E-state index in [2.05, 4.69) is 0 Å². The molecule has 0 unspecified atom stereocenters. The van der Waals surface area contributed by atoms with Crippen molar-refractivity contribution in [3.05, 3.63) is 53.6 Å². The van der Waals surface area contributed by atoms with Crippen molar-refractivity contribution in [1.82, 2.24) is 0 Å². The molecule has 0 saturated carbocycles. The van der Waals surface area contributed by atoms with Crippen LogP contribution in [0.4, 0.5) is 0 Å². The molecule has 0 aromatic heterocycles. The molecule has 3 heteroatoms. The van der Waals surface area contributed by atoms with Crippen LogP contribution in [0.2, 0.25) is 0 Å². The Morgan fingerprint density at radius 2 is 1.63 bits per heavy atom. The summed E-state index contributed by atoms with van der Waals surface area (Å²) in [5, 5.41) is 9.98. The Labute approximate surface area is 112 Å². The zero-order valence-corrected chi connectivity index (χ0v) is 11.0. The van der Waals surface area contributed by atoms with Gasteiger partial charge in [-0.05, 0) is 17.7 Å². The van der Waals surface area contributed by atoms with E-state index in [1.807, 2.05) is 48.6 Å². The summed E-state index contributed by atoms with van der Waals surface area (Å²) in [6.45, 7) is 0. The van der Waals surface area contributed by atoms with Gasteiger partial charge in [-0.1, -0.05) is 42.5 Å². The minimum Gasteiger partial charge on any atom is -0.502 e. The number of rotatable bonds is 4. The van der Waals surface area contributed by atoms with Crippen molar-refractivity contribution in [3.8, 4) is 17.2 Å². The van der Waals surface area contributed by atoms with Gasteiger partial charge in [0.25, 0.3) is 0 Å². The number of phenols is 1. The van der Waals surface area contributed by atoms with Gasteiger partial charge in [0, 0.05) is 5.56 Å². The van der Waals surface area contributed by atoms with Gasteiger partial charge in [0.1, 0.15) is 0 Å². The lowest BCUT2D eigenvalue weighted by Gasteiger charge is -2.10. The normalized spacial score (nSPS) is 10.6. The third kappa shape index (κ3) is 2.88. The molecule has 0 aliphatic rings. The number of ether oxygens (including phenoxy) is 2. The first-order valence-electron chi connectivity index (χ1n) is 5.93. The summed E-state index contributed by atoms with van der Waals surface area (Å²) in [5.41, 5.74) is 1.88. The molecule has 0 bridgehead atoms. The van der Waals surface area contributed by atoms with E-state index in [-0.39, 0.29) is 5.75 Å². The van der Waals surface area contributed by atoms with Crippen molar-refractivity contribution in [3.63, 3.8) is 0 Å². The van der Waals surface area contributed by atoms with E-state index in [1.165, 1.54) is 14.2 Å². The Hall–Kier alpha value is -2.42. The molecule has 0 radical (unpaired) electrons. The molecule has 19 heavy (non-hydrogen) atoms. The monoisotopic (exact) mass is 256 g/mol. The fourth-order valence-corrected chi connectivity index (χ4v) is 1.83. The lowest BCUT2D eigenvalue weighted by atomic mass is 10.1. The summed E-state index contributed by atoms with van der Waals surface area (Å²) < 4.78 is 10.3. The highest BCUT2D eigenvalue weighted by Gasteiger charge is 2.11. The molecule has 0 fully saturated rings. The van der Waals surface area contributed by atoms with E-state index in [0.717, 1.165) is 11.1 Å². The summed E-state index contributed by atoms with van der Waals surface area (Å²) in [4.78, 5) is 0. The van der Waals surface area contributed by atoms with E-state index in [4.69, 9.17) is 9.47 Å². The molecule has 98 valence electrons. The summed E-state index contributed by atoms with van der Waals surface area (Å²) in [6, 6.07) is 13.5. The lowest BCUT2D eigenvalue weighted by Crippen LogP contribution is -1.91. The van der Waals surface area contributed by atoms with Gasteiger partial charge < -0.3 is 14.6 Å². The van der Waals surface area contributed by atoms with Crippen molar-refractivity contribution >= 4 is 12.2 Å². The van der Waals surface area contributed by atoms with Gasteiger partial charge >= 0.3 is 0 Å². The Bertz CT molecular complexity index is 574. The second kappa shape index (κ2) is 5.96. The molecular formula is C16H16O3. The molecule has 0 atom stereocenters.